The van der Waals surface area contributed by atoms with Crippen molar-refractivity contribution in [3.8, 4) is 0 Å². The van der Waals surface area contributed by atoms with Crippen LogP contribution < -0.4 is 10.6 Å². The maximum Gasteiger partial charge on any atom is 0.403 e. The first-order chi connectivity index (χ1) is 11.1. The van der Waals surface area contributed by atoms with Gasteiger partial charge in [0.15, 0.2) is 0 Å². The second-order valence-corrected chi connectivity index (χ2v) is 6.26. The first-order valence-electron chi connectivity index (χ1n) is 7.95. The summed E-state index contributed by atoms with van der Waals surface area (Å²) in [5.41, 5.74) is 0. The maximum absolute atomic E-state index is 13.0. The van der Waals surface area contributed by atoms with E-state index in [2.05, 4.69) is 10.6 Å². The number of ketones is 1. The number of halogens is 3. The molecule has 0 aromatic carbocycles. The number of hydrogen-bond acceptors (Lipinski definition) is 6. The lowest BCUT2D eigenvalue weighted by Gasteiger charge is -2.39. The maximum atomic E-state index is 13.0. The minimum atomic E-state index is -4.39. The van der Waals surface area contributed by atoms with E-state index in [1.807, 2.05) is 0 Å². The van der Waals surface area contributed by atoms with Crippen LogP contribution in [0.25, 0.3) is 0 Å². The zero-order valence-electron chi connectivity index (χ0n) is 14.1. The van der Waals surface area contributed by atoms with E-state index in [4.69, 9.17) is 10.1 Å². The summed E-state index contributed by atoms with van der Waals surface area (Å²) in [6.45, 7) is 3.47. The van der Waals surface area contributed by atoms with Crippen LogP contribution in [0.15, 0.2) is 0 Å². The number of carbonyl (C=O) groups is 1. The van der Waals surface area contributed by atoms with Gasteiger partial charge in [-0.1, -0.05) is 0 Å². The van der Waals surface area contributed by atoms with Crippen molar-refractivity contribution in [3.63, 3.8) is 0 Å². The van der Waals surface area contributed by atoms with Crippen LogP contribution in [0.1, 0.15) is 26.7 Å². The van der Waals surface area contributed by atoms with E-state index in [1.54, 1.807) is 13.8 Å². The summed E-state index contributed by atoms with van der Waals surface area (Å²) in [6, 6.07) is -2.50. The molecule has 0 amide bonds. The molecule has 1 saturated heterocycles. The first kappa shape index (κ1) is 21.0. The van der Waals surface area contributed by atoms with Gasteiger partial charge in [0.05, 0.1) is 18.6 Å². The molecule has 9 heteroatoms. The van der Waals surface area contributed by atoms with Gasteiger partial charge in [0.1, 0.15) is 18.1 Å². The van der Waals surface area contributed by atoms with Crippen molar-refractivity contribution >= 4 is 12.0 Å². The Morgan fingerprint density at radius 2 is 2.08 bits per heavy atom. The van der Waals surface area contributed by atoms with Crippen LogP contribution in [0.4, 0.5) is 13.2 Å². The van der Waals surface area contributed by atoms with Crippen molar-refractivity contribution in [2.45, 2.75) is 57.3 Å². The van der Waals surface area contributed by atoms with Gasteiger partial charge in [0.25, 0.3) is 0 Å². The summed E-state index contributed by atoms with van der Waals surface area (Å²) in [7, 11) is 1.44. The molecule has 0 spiro atoms. The SMILES string of the molecule is CNC(O)C(C=N)C(=O)C1CCC(C(F)(F)F)NC1COC(C)C. The molecular weight excluding hydrogens is 327 g/mol. The molecule has 0 aliphatic carbocycles. The van der Waals surface area contributed by atoms with Crippen molar-refractivity contribution in [3.05, 3.63) is 0 Å². The Kier molecular flexibility index (Phi) is 7.78. The third kappa shape index (κ3) is 5.51. The largest absolute Gasteiger partial charge is 0.403 e. The van der Waals surface area contributed by atoms with Crippen molar-refractivity contribution in [2.24, 2.45) is 11.8 Å². The van der Waals surface area contributed by atoms with Gasteiger partial charge < -0.3 is 20.6 Å². The van der Waals surface area contributed by atoms with E-state index >= 15 is 0 Å². The van der Waals surface area contributed by atoms with Crippen LogP contribution in [0.5, 0.6) is 0 Å². The predicted molar refractivity (Wildman–Crippen MR) is 82.9 cm³/mol. The number of aliphatic hydroxyl groups excluding tert-OH is 1. The van der Waals surface area contributed by atoms with Crippen LogP contribution in [-0.4, -0.2) is 61.4 Å². The number of carbonyl (C=O) groups excluding carboxylic acids is 1. The zero-order chi connectivity index (χ0) is 18.5. The molecule has 0 bridgehead atoms. The van der Waals surface area contributed by atoms with Crippen LogP contribution in [0.2, 0.25) is 0 Å². The molecule has 1 fully saturated rings. The molecule has 1 aliphatic rings. The topological polar surface area (TPSA) is 94.4 Å². The normalized spacial score (nSPS) is 27.8. The lowest BCUT2D eigenvalue weighted by molar-refractivity contribution is -0.170. The summed E-state index contributed by atoms with van der Waals surface area (Å²) >= 11 is 0. The lowest BCUT2D eigenvalue weighted by atomic mass is 9.80. The lowest BCUT2D eigenvalue weighted by Crippen LogP contribution is -2.58. The molecule has 1 aliphatic heterocycles. The number of ether oxygens (including phenoxy) is 1. The Hall–Kier alpha value is -1.03. The Balaban J connectivity index is 2.92. The molecule has 5 atom stereocenters. The van der Waals surface area contributed by atoms with Crippen molar-refractivity contribution in [1.82, 2.24) is 10.6 Å². The van der Waals surface area contributed by atoms with Gasteiger partial charge in [-0.2, -0.15) is 13.2 Å². The van der Waals surface area contributed by atoms with Crippen LogP contribution in [0, 0.1) is 17.2 Å². The molecule has 0 aromatic heterocycles. The Labute approximate surface area is 139 Å². The summed E-state index contributed by atoms with van der Waals surface area (Å²) in [5.74, 6) is -2.32. The zero-order valence-corrected chi connectivity index (χ0v) is 14.1. The second-order valence-electron chi connectivity index (χ2n) is 6.26. The van der Waals surface area contributed by atoms with E-state index in [9.17, 15) is 23.1 Å². The second kappa shape index (κ2) is 8.89. The molecule has 5 unspecified atom stereocenters. The van der Waals surface area contributed by atoms with Crippen molar-refractivity contribution in [2.75, 3.05) is 13.7 Å². The van der Waals surface area contributed by atoms with E-state index in [0.717, 1.165) is 6.21 Å². The quantitative estimate of drug-likeness (QED) is 0.387. The monoisotopic (exact) mass is 353 g/mol. The highest BCUT2D eigenvalue weighted by atomic mass is 19.4. The smallest absolute Gasteiger partial charge is 0.377 e. The highest BCUT2D eigenvalue weighted by Crippen LogP contribution is 2.32. The average Bonchev–Trinajstić information content (AvgIpc) is 2.51. The predicted octanol–water partition coefficient (Wildman–Crippen LogP) is 1.08. The van der Waals surface area contributed by atoms with Crippen molar-refractivity contribution in [1.29, 1.82) is 5.41 Å². The Bertz CT molecular complexity index is 432. The number of Topliss-reactive ketones (excluding diaryl/α,β-unsaturated/α-hetero) is 1. The van der Waals surface area contributed by atoms with Crippen molar-refractivity contribution < 1.29 is 27.8 Å². The molecular formula is C15H26F3N3O3. The summed E-state index contributed by atoms with van der Waals surface area (Å²) in [5, 5.41) is 22.1. The molecule has 6 nitrogen and oxygen atoms in total. The molecule has 1 rings (SSSR count). The molecule has 0 saturated carbocycles. The highest BCUT2D eigenvalue weighted by molar-refractivity contribution is 5.96. The van der Waals surface area contributed by atoms with Gasteiger partial charge in [-0.3, -0.25) is 10.1 Å². The minimum absolute atomic E-state index is 0.0307. The minimum Gasteiger partial charge on any atom is -0.377 e. The van der Waals surface area contributed by atoms with Gasteiger partial charge in [-0.15, -0.1) is 0 Å². The van der Waals surface area contributed by atoms with E-state index in [0.29, 0.717) is 0 Å². The van der Waals surface area contributed by atoms with Gasteiger partial charge in [-0.25, -0.2) is 0 Å². The Morgan fingerprint density at radius 3 is 2.54 bits per heavy atom. The fraction of sp³-hybridized carbons (Fsp3) is 0.867. The molecule has 140 valence electrons. The summed E-state index contributed by atoms with van der Waals surface area (Å²) in [6.07, 6.45) is -5.20. The number of piperidine rings is 1. The molecule has 0 aromatic rings. The van der Waals surface area contributed by atoms with Crippen LogP contribution >= 0.6 is 0 Å². The molecule has 1 heterocycles. The standard InChI is InChI=1S/C15H26F3N3O3/c1-8(2)24-7-11-9(4-5-12(21-11)15(16,17)18)13(22)10(6-19)14(23)20-3/h6,8-12,14,19-21,23H,4-5,7H2,1-3H3. The molecule has 0 radical (unpaired) electrons. The average molecular weight is 353 g/mol. The van der Waals surface area contributed by atoms with E-state index in [-0.39, 0.29) is 25.6 Å². The fourth-order valence-corrected chi connectivity index (χ4v) is 2.82. The van der Waals surface area contributed by atoms with Gasteiger partial charge in [0, 0.05) is 18.2 Å². The molecule has 4 N–H and O–H groups in total. The van der Waals surface area contributed by atoms with Gasteiger partial charge in [-0.05, 0) is 33.7 Å². The summed E-state index contributed by atoms with van der Waals surface area (Å²) in [4.78, 5) is 12.6. The third-order valence-electron chi connectivity index (χ3n) is 4.18. The number of aliphatic hydroxyl groups is 1. The van der Waals surface area contributed by atoms with Crippen LogP contribution in [-0.2, 0) is 9.53 Å². The molecule has 24 heavy (non-hydrogen) atoms. The van der Waals surface area contributed by atoms with Gasteiger partial charge >= 0.3 is 6.18 Å². The number of rotatable bonds is 8. The third-order valence-corrected chi connectivity index (χ3v) is 4.18. The number of hydrogen-bond donors (Lipinski definition) is 4. The summed E-state index contributed by atoms with van der Waals surface area (Å²) < 4.78 is 44.3. The van der Waals surface area contributed by atoms with Crippen LogP contribution in [0.3, 0.4) is 0 Å². The van der Waals surface area contributed by atoms with E-state index in [1.165, 1.54) is 7.05 Å². The number of nitrogens with one attached hydrogen (secondary N) is 3. The highest BCUT2D eigenvalue weighted by Gasteiger charge is 2.47. The van der Waals surface area contributed by atoms with Gasteiger partial charge in [0.2, 0.25) is 0 Å². The fourth-order valence-electron chi connectivity index (χ4n) is 2.82. The number of alkyl halides is 3. The van der Waals surface area contributed by atoms with E-state index < -0.39 is 42.1 Å². The first-order valence-corrected chi connectivity index (χ1v) is 7.95. The Morgan fingerprint density at radius 1 is 1.46 bits per heavy atom.